The third kappa shape index (κ3) is 3.74. The van der Waals surface area contributed by atoms with E-state index in [2.05, 4.69) is 5.32 Å². The van der Waals surface area contributed by atoms with Crippen LogP contribution in [0.25, 0.3) is 0 Å². The van der Waals surface area contributed by atoms with Crippen LogP contribution in [0.15, 0.2) is 42.5 Å². The number of fused-ring (bicyclic) bond motifs is 1. The summed E-state index contributed by atoms with van der Waals surface area (Å²) in [5.41, 5.74) is 1.96. The molecule has 0 aromatic heterocycles. The zero-order valence-corrected chi connectivity index (χ0v) is 14.5. The van der Waals surface area contributed by atoms with Crippen molar-refractivity contribution in [2.45, 2.75) is 32.4 Å². The van der Waals surface area contributed by atoms with Crippen LogP contribution in [0.2, 0.25) is 0 Å². The Morgan fingerprint density at radius 3 is 2.58 bits per heavy atom. The quantitative estimate of drug-likeness (QED) is 0.893. The number of nitrogens with zero attached hydrogens (tertiary/aromatic N) is 1. The summed E-state index contributed by atoms with van der Waals surface area (Å²) in [6, 6.07) is 9.76. The fourth-order valence-corrected chi connectivity index (χ4v) is 3.31. The summed E-state index contributed by atoms with van der Waals surface area (Å²) < 4.78 is 26.6. The number of carbonyl (C=O) groups is 2. The van der Waals surface area contributed by atoms with E-state index in [1.807, 2.05) is 31.2 Å². The summed E-state index contributed by atoms with van der Waals surface area (Å²) in [6.45, 7) is 2.40. The van der Waals surface area contributed by atoms with Gasteiger partial charge in [-0.1, -0.05) is 31.2 Å². The van der Waals surface area contributed by atoms with Crippen molar-refractivity contribution in [3.63, 3.8) is 0 Å². The maximum Gasteiger partial charge on any atom is 0.247 e. The normalized spacial score (nSPS) is 16.3. The van der Waals surface area contributed by atoms with Crippen molar-refractivity contribution in [2.24, 2.45) is 0 Å². The van der Waals surface area contributed by atoms with Gasteiger partial charge in [-0.05, 0) is 35.2 Å². The molecule has 0 saturated carbocycles. The van der Waals surface area contributed by atoms with Crippen LogP contribution < -0.4 is 5.32 Å². The van der Waals surface area contributed by atoms with Crippen molar-refractivity contribution >= 4 is 11.8 Å². The lowest BCUT2D eigenvalue weighted by Gasteiger charge is -2.36. The predicted molar refractivity (Wildman–Crippen MR) is 93.1 cm³/mol. The standard InChI is InChI=1S/C20H20F2N2O2/c1-2-7-24-18(25)10-14-5-3-4-6-17(14)19(24)20(26)23-12-13-8-15(21)11-16(22)9-13/h3-6,8-9,11,19H,2,7,10,12H2,1H3,(H,23,26). The predicted octanol–water partition coefficient (Wildman–Crippen LogP) is 3.12. The summed E-state index contributed by atoms with van der Waals surface area (Å²) in [6.07, 6.45) is 1.00. The summed E-state index contributed by atoms with van der Waals surface area (Å²) >= 11 is 0. The van der Waals surface area contributed by atoms with Gasteiger partial charge < -0.3 is 10.2 Å². The maximum atomic E-state index is 13.3. The van der Waals surface area contributed by atoms with Gasteiger partial charge in [-0.25, -0.2) is 8.78 Å². The van der Waals surface area contributed by atoms with E-state index in [1.165, 1.54) is 12.1 Å². The van der Waals surface area contributed by atoms with Gasteiger partial charge in [-0.15, -0.1) is 0 Å². The molecule has 2 aromatic carbocycles. The molecule has 2 amide bonds. The van der Waals surface area contributed by atoms with E-state index in [0.717, 1.165) is 23.6 Å². The van der Waals surface area contributed by atoms with Crippen LogP contribution in [0.1, 0.15) is 36.1 Å². The van der Waals surface area contributed by atoms with E-state index in [1.54, 1.807) is 4.90 Å². The van der Waals surface area contributed by atoms with Crippen LogP contribution in [0.4, 0.5) is 8.78 Å². The molecule has 0 fully saturated rings. The highest BCUT2D eigenvalue weighted by atomic mass is 19.1. The average Bonchev–Trinajstić information content (AvgIpc) is 2.59. The fourth-order valence-electron chi connectivity index (χ4n) is 3.31. The third-order valence-electron chi connectivity index (χ3n) is 4.43. The first-order valence-corrected chi connectivity index (χ1v) is 8.59. The van der Waals surface area contributed by atoms with Gasteiger partial charge in [0, 0.05) is 19.2 Å². The highest BCUT2D eigenvalue weighted by molar-refractivity contribution is 5.92. The Balaban J connectivity index is 1.84. The van der Waals surface area contributed by atoms with E-state index >= 15 is 0 Å². The highest BCUT2D eigenvalue weighted by Crippen LogP contribution is 2.30. The molecule has 4 nitrogen and oxygen atoms in total. The van der Waals surface area contributed by atoms with E-state index < -0.39 is 17.7 Å². The summed E-state index contributed by atoms with van der Waals surface area (Å²) in [5, 5.41) is 2.71. The zero-order chi connectivity index (χ0) is 18.7. The van der Waals surface area contributed by atoms with Gasteiger partial charge in [0.05, 0.1) is 6.42 Å². The fraction of sp³-hybridized carbons (Fsp3) is 0.300. The number of amides is 2. The second-order valence-electron chi connectivity index (χ2n) is 6.36. The molecule has 0 radical (unpaired) electrons. The van der Waals surface area contributed by atoms with Gasteiger partial charge in [0.2, 0.25) is 11.8 Å². The molecule has 26 heavy (non-hydrogen) atoms. The molecule has 0 aliphatic carbocycles. The Labute approximate surface area is 150 Å². The van der Waals surface area contributed by atoms with Gasteiger partial charge in [-0.3, -0.25) is 9.59 Å². The minimum Gasteiger partial charge on any atom is -0.350 e. The topological polar surface area (TPSA) is 49.4 Å². The summed E-state index contributed by atoms with van der Waals surface area (Å²) in [4.78, 5) is 26.9. The first kappa shape index (κ1) is 18.0. The van der Waals surface area contributed by atoms with Crippen molar-refractivity contribution in [1.29, 1.82) is 0 Å². The molecule has 1 N–H and O–H groups in total. The number of halogens is 2. The largest absolute Gasteiger partial charge is 0.350 e. The smallest absolute Gasteiger partial charge is 0.247 e. The maximum absolute atomic E-state index is 13.3. The Hall–Kier alpha value is -2.76. The van der Waals surface area contributed by atoms with Gasteiger partial charge >= 0.3 is 0 Å². The number of nitrogens with one attached hydrogen (secondary N) is 1. The highest BCUT2D eigenvalue weighted by Gasteiger charge is 2.36. The van der Waals surface area contributed by atoms with Crippen LogP contribution in [-0.2, 0) is 22.6 Å². The van der Waals surface area contributed by atoms with E-state index in [-0.39, 0.29) is 24.8 Å². The molecule has 1 aliphatic rings. The molecule has 2 aromatic rings. The number of benzene rings is 2. The second-order valence-corrected chi connectivity index (χ2v) is 6.36. The van der Waals surface area contributed by atoms with Crippen molar-refractivity contribution in [3.05, 3.63) is 70.8 Å². The lowest BCUT2D eigenvalue weighted by atomic mass is 9.91. The Morgan fingerprint density at radius 2 is 1.88 bits per heavy atom. The molecular weight excluding hydrogens is 338 g/mol. The number of hydrogen-bond acceptors (Lipinski definition) is 2. The second kappa shape index (κ2) is 7.64. The van der Waals surface area contributed by atoms with Crippen LogP contribution in [0.3, 0.4) is 0 Å². The van der Waals surface area contributed by atoms with Crippen molar-refractivity contribution in [2.75, 3.05) is 6.54 Å². The lowest BCUT2D eigenvalue weighted by molar-refractivity contribution is -0.141. The molecule has 0 bridgehead atoms. The zero-order valence-electron chi connectivity index (χ0n) is 14.5. The molecule has 1 atom stereocenters. The van der Waals surface area contributed by atoms with Crippen molar-refractivity contribution in [1.82, 2.24) is 10.2 Å². The SMILES string of the molecule is CCCN1C(=O)Cc2ccccc2C1C(=O)NCc1cc(F)cc(F)c1. The van der Waals surface area contributed by atoms with E-state index in [4.69, 9.17) is 0 Å². The number of carbonyl (C=O) groups excluding carboxylic acids is 2. The van der Waals surface area contributed by atoms with Gasteiger partial charge in [0.25, 0.3) is 0 Å². The molecule has 3 rings (SSSR count). The van der Waals surface area contributed by atoms with Crippen molar-refractivity contribution in [3.8, 4) is 0 Å². The Bertz CT molecular complexity index is 818. The molecule has 136 valence electrons. The number of rotatable bonds is 5. The minimum atomic E-state index is -0.731. The molecule has 1 aliphatic heterocycles. The third-order valence-corrected chi connectivity index (χ3v) is 4.43. The van der Waals surface area contributed by atoms with Gasteiger partial charge in [-0.2, -0.15) is 0 Å². The van der Waals surface area contributed by atoms with Crippen LogP contribution in [0, 0.1) is 11.6 Å². The Morgan fingerprint density at radius 1 is 1.19 bits per heavy atom. The van der Waals surface area contributed by atoms with Crippen LogP contribution >= 0.6 is 0 Å². The summed E-state index contributed by atoms with van der Waals surface area (Å²) in [7, 11) is 0. The molecular formula is C20H20F2N2O2. The van der Waals surface area contributed by atoms with E-state index in [9.17, 15) is 18.4 Å². The van der Waals surface area contributed by atoms with Crippen molar-refractivity contribution < 1.29 is 18.4 Å². The average molecular weight is 358 g/mol. The van der Waals surface area contributed by atoms with Gasteiger partial charge in [0.1, 0.15) is 17.7 Å². The molecule has 1 heterocycles. The summed E-state index contributed by atoms with van der Waals surface area (Å²) in [5.74, 6) is -1.84. The first-order valence-electron chi connectivity index (χ1n) is 8.59. The monoisotopic (exact) mass is 358 g/mol. The first-order chi connectivity index (χ1) is 12.5. The minimum absolute atomic E-state index is 0.0136. The molecule has 0 saturated heterocycles. The van der Waals surface area contributed by atoms with E-state index in [0.29, 0.717) is 12.1 Å². The Kier molecular flexibility index (Phi) is 5.30. The number of hydrogen-bond donors (Lipinski definition) is 1. The van der Waals surface area contributed by atoms with Gasteiger partial charge in [0.15, 0.2) is 0 Å². The van der Waals surface area contributed by atoms with Crippen LogP contribution in [0.5, 0.6) is 0 Å². The molecule has 0 spiro atoms. The lowest BCUT2D eigenvalue weighted by Crippen LogP contribution is -2.47. The van der Waals surface area contributed by atoms with Crippen LogP contribution in [-0.4, -0.2) is 23.3 Å². The molecule has 1 unspecified atom stereocenters. The molecule has 6 heteroatoms.